The topological polar surface area (TPSA) is 66.4 Å². The van der Waals surface area contributed by atoms with E-state index in [2.05, 4.69) is 5.32 Å². The van der Waals surface area contributed by atoms with Crippen molar-refractivity contribution in [3.05, 3.63) is 35.6 Å². The van der Waals surface area contributed by atoms with Crippen LogP contribution in [0.15, 0.2) is 24.3 Å². The largest absolute Gasteiger partial charge is 0.481 e. The van der Waals surface area contributed by atoms with Gasteiger partial charge in [0.1, 0.15) is 5.82 Å². The fourth-order valence-electron chi connectivity index (χ4n) is 3.18. The summed E-state index contributed by atoms with van der Waals surface area (Å²) in [7, 11) is 0. The molecule has 0 radical (unpaired) electrons. The van der Waals surface area contributed by atoms with Crippen molar-refractivity contribution >= 4 is 11.9 Å². The molecule has 0 aliphatic heterocycles. The molecule has 0 saturated heterocycles. The van der Waals surface area contributed by atoms with Gasteiger partial charge in [0.25, 0.3) is 0 Å². The summed E-state index contributed by atoms with van der Waals surface area (Å²) in [5.74, 6) is -1.69. The van der Waals surface area contributed by atoms with Crippen LogP contribution < -0.4 is 5.32 Å². The second kappa shape index (κ2) is 6.90. The summed E-state index contributed by atoms with van der Waals surface area (Å²) >= 11 is 0. The number of aliphatic carboxylic acids is 1. The molecule has 1 amide bonds. The van der Waals surface area contributed by atoms with Gasteiger partial charge in [-0.25, -0.2) is 4.39 Å². The number of benzene rings is 1. The van der Waals surface area contributed by atoms with Gasteiger partial charge in [-0.15, -0.1) is 0 Å². The third-order valence-electron chi connectivity index (χ3n) is 4.32. The Kier molecular flexibility index (Phi) is 5.16. The molecule has 1 aromatic rings. The summed E-state index contributed by atoms with van der Waals surface area (Å²) in [6.45, 7) is 1.78. The third-order valence-corrected chi connectivity index (χ3v) is 4.32. The lowest BCUT2D eigenvalue weighted by Crippen LogP contribution is -2.49. The van der Waals surface area contributed by atoms with E-state index in [9.17, 15) is 14.0 Å². The summed E-state index contributed by atoms with van der Waals surface area (Å²) in [6, 6.07) is 6.20. The fraction of sp³-hybridized carbons (Fsp3) is 0.529. The number of carboxylic acids is 1. The van der Waals surface area contributed by atoms with Crippen LogP contribution >= 0.6 is 0 Å². The Bertz CT molecular complexity index is 553. The summed E-state index contributed by atoms with van der Waals surface area (Å²) < 4.78 is 13.2. The molecule has 1 fully saturated rings. The molecule has 1 unspecified atom stereocenters. The molecule has 1 aliphatic rings. The number of rotatable bonds is 6. The minimum Gasteiger partial charge on any atom is -0.481 e. The van der Waals surface area contributed by atoms with Crippen LogP contribution in [0.2, 0.25) is 0 Å². The normalized spacial score (nSPS) is 17.9. The second-order valence-electron chi connectivity index (χ2n) is 6.28. The first kappa shape index (κ1) is 16.5. The Hall–Kier alpha value is -1.91. The molecular formula is C17H22FNO3. The highest BCUT2D eigenvalue weighted by atomic mass is 19.1. The lowest BCUT2D eigenvalue weighted by atomic mass is 9.91. The molecule has 0 bridgehead atoms. The maximum Gasteiger partial charge on any atom is 0.305 e. The zero-order valence-electron chi connectivity index (χ0n) is 12.8. The van der Waals surface area contributed by atoms with E-state index in [0.717, 1.165) is 18.4 Å². The first-order valence-corrected chi connectivity index (χ1v) is 7.68. The highest BCUT2D eigenvalue weighted by Gasteiger charge is 2.38. The van der Waals surface area contributed by atoms with Gasteiger partial charge in [0.15, 0.2) is 0 Å². The molecule has 2 rings (SSSR count). The van der Waals surface area contributed by atoms with E-state index in [4.69, 9.17) is 5.11 Å². The summed E-state index contributed by atoms with van der Waals surface area (Å²) in [4.78, 5) is 23.4. The van der Waals surface area contributed by atoms with E-state index in [0.29, 0.717) is 19.3 Å². The van der Waals surface area contributed by atoms with Crippen molar-refractivity contribution < 1.29 is 19.1 Å². The molecule has 4 nitrogen and oxygen atoms in total. The monoisotopic (exact) mass is 307 g/mol. The Labute approximate surface area is 129 Å². The quantitative estimate of drug-likeness (QED) is 0.849. The number of hydrogen-bond donors (Lipinski definition) is 2. The standard InChI is InChI=1S/C17H22FNO3/c1-12(9-13-5-4-6-14(18)10-13)16(22)19-17(11-15(20)21)7-2-3-8-17/h4-6,10,12H,2-3,7-9,11H2,1H3,(H,19,22)(H,20,21). The summed E-state index contributed by atoms with van der Waals surface area (Å²) in [5, 5.41) is 12.0. The zero-order valence-corrected chi connectivity index (χ0v) is 12.8. The maximum absolute atomic E-state index is 13.2. The molecular weight excluding hydrogens is 285 g/mol. The first-order valence-electron chi connectivity index (χ1n) is 7.68. The van der Waals surface area contributed by atoms with Crippen LogP contribution in [0.5, 0.6) is 0 Å². The Morgan fingerprint density at radius 2 is 2.05 bits per heavy atom. The third kappa shape index (κ3) is 4.29. The fourth-order valence-corrected chi connectivity index (χ4v) is 3.18. The minimum atomic E-state index is -0.889. The van der Waals surface area contributed by atoms with Crippen molar-refractivity contribution in [2.75, 3.05) is 0 Å². The van der Waals surface area contributed by atoms with Gasteiger partial charge in [-0.3, -0.25) is 9.59 Å². The molecule has 0 spiro atoms. The average Bonchev–Trinajstić information content (AvgIpc) is 2.85. The van der Waals surface area contributed by atoms with Crippen molar-refractivity contribution in [3.8, 4) is 0 Å². The van der Waals surface area contributed by atoms with Crippen molar-refractivity contribution in [2.45, 2.75) is 51.0 Å². The average molecular weight is 307 g/mol. The van der Waals surface area contributed by atoms with Gasteiger partial charge in [-0.05, 0) is 37.0 Å². The lowest BCUT2D eigenvalue weighted by Gasteiger charge is -2.30. The Balaban J connectivity index is 1.99. The predicted molar refractivity (Wildman–Crippen MR) is 80.9 cm³/mol. The summed E-state index contributed by atoms with van der Waals surface area (Å²) in [6.07, 6.45) is 3.69. The summed E-state index contributed by atoms with van der Waals surface area (Å²) in [5.41, 5.74) is 0.153. The van der Waals surface area contributed by atoms with E-state index in [1.165, 1.54) is 12.1 Å². The van der Waals surface area contributed by atoms with Crippen molar-refractivity contribution in [1.82, 2.24) is 5.32 Å². The van der Waals surface area contributed by atoms with Crippen LogP contribution in [0.1, 0.15) is 44.6 Å². The highest BCUT2D eigenvalue weighted by molar-refractivity contribution is 5.80. The highest BCUT2D eigenvalue weighted by Crippen LogP contribution is 2.33. The van der Waals surface area contributed by atoms with Gasteiger partial charge in [-0.1, -0.05) is 31.9 Å². The molecule has 1 atom stereocenters. The van der Waals surface area contributed by atoms with Gasteiger partial charge >= 0.3 is 5.97 Å². The SMILES string of the molecule is CC(Cc1cccc(F)c1)C(=O)NC1(CC(=O)O)CCCC1. The van der Waals surface area contributed by atoms with Crippen molar-refractivity contribution in [3.63, 3.8) is 0 Å². The first-order chi connectivity index (χ1) is 10.4. The number of nitrogens with one attached hydrogen (secondary N) is 1. The Morgan fingerprint density at radius 1 is 1.36 bits per heavy atom. The van der Waals surface area contributed by atoms with Gasteiger partial charge in [0.2, 0.25) is 5.91 Å². The number of carbonyl (C=O) groups is 2. The second-order valence-corrected chi connectivity index (χ2v) is 6.28. The van der Waals surface area contributed by atoms with Gasteiger partial charge in [-0.2, -0.15) is 0 Å². The predicted octanol–water partition coefficient (Wildman–Crippen LogP) is 2.91. The van der Waals surface area contributed by atoms with Gasteiger partial charge in [0, 0.05) is 5.92 Å². The number of carbonyl (C=O) groups excluding carboxylic acids is 1. The van der Waals surface area contributed by atoms with Crippen LogP contribution in [0.4, 0.5) is 4.39 Å². The number of halogens is 1. The van der Waals surface area contributed by atoms with E-state index in [-0.39, 0.29) is 24.1 Å². The minimum absolute atomic E-state index is 0.0363. The Morgan fingerprint density at radius 3 is 2.64 bits per heavy atom. The molecule has 22 heavy (non-hydrogen) atoms. The molecule has 1 aliphatic carbocycles. The molecule has 2 N–H and O–H groups in total. The number of carboxylic acid groups (broad SMARTS) is 1. The van der Waals surface area contributed by atoms with Crippen LogP contribution in [-0.4, -0.2) is 22.5 Å². The molecule has 5 heteroatoms. The number of hydrogen-bond acceptors (Lipinski definition) is 2. The molecule has 0 aromatic heterocycles. The van der Waals surface area contributed by atoms with Crippen LogP contribution in [0.3, 0.4) is 0 Å². The lowest BCUT2D eigenvalue weighted by molar-refractivity contribution is -0.139. The van der Waals surface area contributed by atoms with Crippen molar-refractivity contribution in [1.29, 1.82) is 0 Å². The maximum atomic E-state index is 13.2. The van der Waals surface area contributed by atoms with Gasteiger partial charge < -0.3 is 10.4 Å². The van der Waals surface area contributed by atoms with Crippen LogP contribution in [-0.2, 0) is 16.0 Å². The van der Waals surface area contributed by atoms with Gasteiger partial charge in [0.05, 0.1) is 12.0 Å². The van der Waals surface area contributed by atoms with Crippen molar-refractivity contribution in [2.24, 2.45) is 5.92 Å². The smallest absolute Gasteiger partial charge is 0.305 e. The number of amides is 1. The molecule has 1 saturated carbocycles. The zero-order chi connectivity index (χ0) is 16.2. The van der Waals surface area contributed by atoms with E-state index in [1.54, 1.807) is 19.1 Å². The van der Waals surface area contributed by atoms with Crippen LogP contribution in [0.25, 0.3) is 0 Å². The molecule has 0 heterocycles. The van der Waals surface area contributed by atoms with E-state index >= 15 is 0 Å². The van der Waals surface area contributed by atoms with Crippen LogP contribution in [0, 0.1) is 11.7 Å². The van der Waals surface area contributed by atoms with E-state index < -0.39 is 11.5 Å². The van der Waals surface area contributed by atoms with E-state index in [1.807, 2.05) is 0 Å². The molecule has 120 valence electrons. The molecule has 1 aromatic carbocycles.